The predicted octanol–water partition coefficient (Wildman–Crippen LogP) is 2.06. The quantitative estimate of drug-likeness (QED) is 0.735. The van der Waals surface area contributed by atoms with Gasteiger partial charge in [-0.05, 0) is 22.8 Å². The van der Waals surface area contributed by atoms with Crippen molar-refractivity contribution in [1.82, 2.24) is 25.6 Å². The van der Waals surface area contributed by atoms with E-state index >= 15 is 0 Å². The number of hydrogen-bond acceptors (Lipinski definition) is 6. The maximum Gasteiger partial charge on any atom is 0.226 e. The minimum atomic E-state index is -0.0375. The molecule has 0 bridgehead atoms. The van der Waals surface area contributed by atoms with Gasteiger partial charge in [0.2, 0.25) is 5.91 Å². The second-order valence-corrected chi connectivity index (χ2v) is 6.73. The highest BCUT2D eigenvalue weighted by atomic mass is 32.1. The van der Waals surface area contributed by atoms with Crippen LogP contribution in [0.4, 0.5) is 0 Å². The van der Waals surface area contributed by atoms with Crippen LogP contribution in [0.15, 0.2) is 42.0 Å². The molecule has 4 rings (SSSR count). The van der Waals surface area contributed by atoms with Crippen LogP contribution in [0.25, 0.3) is 10.8 Å². The third-order valence-electron chi connectivity index (χ3n) is 4.04. The number of nitrogens with one attached hydrogen (secondary N) is 2. The van der Waals surface area contributed by atoms with Crippen molar-refractivity contribution in [3.63, 3.8) is 0 Å². The van der Waals surface area contributed by atoms with Crippen molar-refractivity contribution in [2.45, 2.75) is 26.1 Å². The lowest BCUT2D eigenvalue weighted by molar-refractivity contribution is -0.120. The van der Waals surface area contributed by atoms with Crippen molar-refractivity contribution in [2.75, 3.05) is 0 Å². The standard InChI is InChI=1S/C18H17N5OS/c24-16(22-8-12-2-3-13-9-19-10-14(13)6-12)7-15-11-25-18(23-15)17-20-4-1-5-21-17/h1-6,11,19H,7-10H2,(H,22,24). The molecule has 126 valence electrons. The zero-order valence-corrected chi connectivity index (χ0v) is 14.3. The second-order valence-electron chi connectivity index (χ2n) is 5.88. The van der Waals surface area contributed by atoms with Crippen LogP contribution in [0.1, 0.15) is 22.4 Å². The van der Waals surface area contributed by atoms with Gasteiger partial charge in [-0.1, -0.05) is 18.2 Å². The van der Waals surface area contributed by atoms with Gasteiger partial charge in [-0.15, -0.1) is 11.3 Å². The first-order valence-electron chi connectivity index (χ1n) is 8.08. The molecule has 3 heterocycles. The van der Waals surface area contributed by atoms with Crippen LogP contribution in [-0.4, -0.2) is 20.9 Å². The van der Waals surface area contributed by atoms with E-state index in [0.717, 1.165) is 29.4 Å². The first-order valence-corrected chi connectivity index (χ1v) is 8.96. The number of nitrogens with zero attached hydrogens (tertiary/aromatic N) is 3. The van der Waals surface area contributed by atoms with E-state index in [2.05, 4.69) is 43.8 Å². The third-order valence-corrected chi connectivity index (χ3v) is 4.93. The number of fused-ring (bicyclic) bond motifs is 1. The number of hydrogen-bond donors (Lipinski definition) is 2. The summed E-state index contributed by atoms with van der Waals surface area (Å²) in [5.74, 6) is 0.551. The van der Waals surface area contributed by atoms with Crippen molar-refractivity contribution in [3.8, 4) is 10.8 Å². The summed E-state index contributed by atoms with van der Waals surface area (Å²) in [6.07, 6.45) is 3.63. The Kier molecular flexibility index (Phi) is 4.49. The first-order chi connectivity index (χ1) is 12.3. The minimum Gasteiger partial charge on any atom is -0.352 e. The molecule has 1 aliphatic heterocycles. The van der Waals surface area contributed by atoms with Gasteiger partial charge < -0.3 is 10.6 Å². The minimum absolute atomic E-state index is 0.0375. The average molecular weight is 351 g/mol. The van der Waals surface area contributed by atoms with Gasteiger partial charge >= 0.3 is 0 Å². The summed E-state index contributed by atoms with van der Waals surface area (Å²) in [4.78, 5) is 25.0. The third kappa shape index (κ3) is 3.72. The molecule has 7 heteroatoms. The molecule has 2 aromatic heterocycles. The van der Waals surface area contributed by atoms with Gasteiger partial charge in [-0.3, -0.25) is 4.79 Å². The maximum atomic E-state index is 12.2. The van der Waals surface area contributed by atoms with E-state index in [9.17, 15) is 4.79 Å². The number of rotatable bonds is 5. The molecule has 0 radical (unpaired) electrons. The summed E-state index contributed by atoms with van der Waals surface area (Å²) < 4.78 is 0. The van der Waals surface area contributed by atoms with Crippen LogP contribution >= 0.6 is 11.3 Å². The number of aromatic nitrogens is 3. The van der Waals surface area contributed by atoms with Crippen LogP contribution in [0.5, 0.6) is 0 Å². The highest BCUT2D eigenvalue weighted by Gasteiger charge is 2.12. The van der Waals surface area contributed by atoms with Crippen molar-refractivity contribution in [2.24, 2.45) is 0 Å². The largest absolute Gasteiger partial charge is 0.352 e. The SMILES string of the molecule is O=C(Cc1csc(-c2ncccn2)n1)NCc1ccc2c(c1)CNC2. The zero-order chi connectivity index (χ0) is 17.1. The Bertz CT molecular complexity index is 893. The highest BCUT2D eigenvalue weighted by Crippen LogP contribution is 2.20. The predicted molar refractivity (Wildman–Crippen MR) is 95.7 cm³/mol. The van der Waals surface area contributed by atoms with E-state index in [4.69, 9.17) is 0 Å². The molecule has 0 fully saturated rings. The maximum absolute atomic E-state index is 12.2. The Hall–Kier alpha value is -2.64. The van der Waals surface area contributed by atoms with Crippen molar-refractivity contribution >= 4 is 17.2 Å². The molecule has 6 nitrogen and oxygen atoms in total. The fourth-order valence-electron chi connectivity index (χ4n) is 2.79. The van der Waals surface area contributed by atoms with Crippen LogP contribution in [-0.2, 0) is 30.8 Å². The van der Waals surface area contributed by atoms with Gasteiger partial charge in [0.25, 0.3) is 0 Å². The number of carbonyl (C=O) groups excluding carboxylic acids is 1. The highest BCUT2D eigenvalue weighted by molar-refractivity contribution is 7.13. The van der Waals surface area contributed by atoms with E-state index in [1.54, 1.807) is 18.5 Å². The first kappa shape index (κ1) is 15.9. The van der Waals surface area contributed by atoms with E-state index < -0.39 is 0 Å². The molecule has 0 spiro atoms. The molecule has 25 heavy (non-hydrogen) atoms. The molecular formula is C18H17N5OS. The molecule has 0 saturated heterocycles. The molecule has 1 aliphatic rings. The van der Waals surface area contributed by atoms with Gasteiger partial charge in [0.15, 0.2) is 10.8 Å². The second kappa shape index (κ2) is 7.08. The molecule has 1 amide bonds. The van der Waals surface area contributed by atoms with Crippen molar-refractivity contribution in [3.05, 3.63) is 64.4 Å². The van der Waals surface area contributed by atoms with Crippen LogP contribution < -0.4 is 10.6 Å². The normalized spacial score (nSPS) is 12.8. The Morgan fingerprint density at radius 2 is 2.04 bits per heavy atom. The summed E-state index contributed by atoms with van der Waals surface area (Å²) in [5.41, 5.74) is 4.52. The Morgan fingerprint density at radius 1 is 1.20 bits per heavy atom. The Morgan fingerprint density at radius 3 is 2.92 bits per heavy atom. The molecule has 0 atom stereocenters. The summed E-state index contributed by atoms with van der Waals surface area (Å²) in [6, 6.07) is 8.12. The molecule has 2 N–H and O–H groups in total. The van der Waals surface area contributed by atoms with Crippen LogP contribution in [0.3, 0.4) is 0 Å². The molecule has 3 aromatic rings. The van der Waals surface area contributed by atoms with Gasteiger partial charge in [0.05, 0.1) is 12.1 Å². The lowest BCUT2D eigenvalue weighted by Crippen LogP contribution is -2.24. The lowest BCUT2D eigenvalue weighted by Gasteiger charge is -2.06. The van der Waals surface area contributed by atoms with Crippen molar-refractivity contribution < 1.29 is 4.79 Å². The fraction of sp³-hybridized carbons (Fsp3) is 0.222. The number of benzene rings is 1. The number of thiazole rings is 1. The summed E-state index contributed by atoms with van der Waals surface area (Å²) in [6.45, 7) is 2.37. The molecule has 0 aliphatic carbocycles. The van der Waals surface area contributed by atoms with E-state index in [1.807, 2.05) is 5.38 Å². The number of amides is 1. The summed E-state index contributed by atoms with van der Waals surface area (Å²) in [5, 5.41) is 8.90. The van der Waals surface area contributed by atoms with E-state index in [0.29, 0.717) is 12.4 Å². The lowest BCUT2D eigenvalue weighted by atomic mass is 10.1. The Balaban J connectivity index is 1.34. The average Bonchev–Trinajstić information content (AvgIpc) is 3.29. The smallest absolute Gasteiger partial charge is 0.226 e. The zero-order valence-electron chi connectivity index (χ0n) is 13.5. The number of carbonyl (C=O) groups is 1. The summed E-state index contributed by atoms with van der Waals surface area (Å²) in [7, 11) is 0. The van der Waals surface area contributed by atoms with E-state index in [1.165, 1.54) is 22.5 Å². The van der Waals surface area contributed by atoms with Gasteiger partial charge in [-0.25, -0.2) is 15.0 Å². The van der Waals surface area contributed by atoms with Gasteiger partial charge in [-0.2, -0.15) is 0 Å². The molecule has 0 saturated carbocycles. The molecular weight excluding hydrogens is 334 g/mol. The fourth-order valence-corrected chi connectivity index (χ4v) is 3.55. The monoisotopic (exact) mass is 351 g/mol. The van der Waals surface area contributed by atoms with Crippen LogP contribution in [0.2, 0.25) is 0 Å². The Labute approximate surface area is 149 Å². The molecule has 1 aromatic carbocycles. The summed E-state index contributed by atoms with van der Waals surface area (Å²) >= 11 is 1.45. The molecule has 0 unspecified atom stereocenters. The van der Waals surface area contributed by atoms with Crippen molar-refractivity contribution in [1.29, 1.82) is 0 Å². The van der Waals surface area contributed by atoms with Crippen LogP contribution in [0, 0.1) is 0 Å². The van der Waals surface area contributed by atoms with Gasteiger partial charge in [0.1, 0.15) is 0 Å². The van der Waals surface area contributed by atoms with Gasteiger partial charge in [0, 0.05) is 37.4 Å². The topological polar surface area (TPSA) is 79.8 Å². The van der Waals surface area contributed by atoms with E-state index in [-0.39, 0.29) is 12.3 Å².